The van der Waals surface area contributed by atoms with Gasteiger partial charge in [0.25, 0.3) is 5.91 Å². The van der Waals surface area contributed by atoms with Crippen molar-refractivity contribution in [2.24, 2.45) is 0 Å². The van der Waals surface area contributed by atoms with E-state index < -0.39 is 10.0 Å². The summed E-state index contributed by atoms with van der Waals surface area (Å²) in [6, 6.07) is 10.4. The molecule has 0 saturated carbocycles. The number of methoxy groups -OCH3 is 1. The number of hydrogen-bond donors (Lipinski definition) is 1. The Labute approximate surface area is 171 Å². The van der Waals surface area contributed by atoms with Crippen molar-refractivity contribution in [3.63, 3.8) is 0 Å². The first kappa shape index (κ1) is 19.9. The van der Waals surface area contributed by atoms with E-state index in [0.29, 0.717) is 30.1 Å². The third kappa shape index (κ3) is 4.02. The summed E-state index contributed by atoms with van der Waals surface area (Å²) in [5.41, 5.74) is 3.46. The molecule has 2 aliphatic rings. The predicted molar refractivity (Wildman–Crippen MR) is 112 cm³/mol. The summed E-state index contributed by atoms with van der Waals surface area (Å²) < 4.78 is 32.6. The van der Waals surface area contributed by atoms with Crippen molar-refractivity contribution in [3.8, 4) is 5.75 Å². The number of ether oxygens (including phenoxy) is 1. The fourth-order valence-electron chi connectivity index (χ4n) is 4.09. The van der Waals surface area contributed by atoms with Crippen LogP contribution >= 0.6 is 0 Å². The number of nitrogens with one attached hydrogen (secondary N) is 1. The van der Waals surface area contributed by atoms with Gasteiger partial charge in [0.1, 0.15) is 5.75 Å². The highest BCUT2D eigenvalue weighted by Crippen LogP contribution is 2.31. The summed E-state index contributed by atoms with van der Waals surface area (Å²) in [6.07, 6.45) is 6.12. The summed E-state index contributed by atoms with van der Waals surface area (Å²) in [5, 5.41) is 2.84. The minimum absolute atomic E-state index is 0.168. The maximum absolute atomic E-state index is 12.9. The lowest BCUT2D eigenvalue weighted by molar-refractivity contribution is 0.102. The molecule has 29 heavy (non-hydrogen) atoms. The van der Waals surface area contributed by atoms with Crippen LogP contribution in [0.2, 0.25) is 0 Å². The van der Waals surface area contributed by atoms with Gasteiger partial charge in [-0.15, -0.1) is 0 Å². The lowest BCUT2D eigenvalue weighted by atomic mass is 9.90. The Morgan fingerprint density at radius 2 is 1.69 bits per heavy atom. The molecule has 7 heteroatoms. The molecule has 1 heterocycles. The van der Waals surface area contributed by atoms with Gasteiger partial charge in [-0.1, -0.05) is 6.07 Å². The monoisotopic (exact) mass is 414 g/mol. The summed E-state index contributed by atoms with van der Waals surface area (Å²) in [7, 11) is -2.07. The summed E-state index contributed by atoms with van der Waals surface area (Å²) in [6.45, 7) is 1.07. The minimum Gasteiger partial charge on any atom is -0.495 e. The Bertz CT molecular complexity index is 1030. The normalized spacial score (nSPS) is 17.0. The molecule has 2 aromatic carbocycles. The number of carbonyl (C=O) groups excluding carboxylic acids is 1. The molecule has 0 unspecified atom stereocenters. The van der Waals surface area contributed by atoms with E-state index in [1.54, 1.807) is 6.07 Å². The third-order valence-corrected chi connectivity index (χ3v) is 7.63. The Morgan fingerprint density at radius 3 is 2.41 bits per heavy atom. The van der Waals surface area contributed by atoms with E-state index in [9.17, 15) is 13.2 Å². The van der Waals surface area contributed by atoms with Crippen molar-refractivity contribution >= 4 is 21.6 Å². The van der Waals surface area contributed by atoms with E-state index >= 15 is 0 Å². The first-order valence-corrected chi connectivity index (χ1v) is 11.5. The number of fused-ring (bicyclic) bond motifs is 1. The molecule has 1 N–H and O–H groups in total. The number of carbonyl (C=O) groups is 1. The van der Waals surface area contributed by atoms with Crippen molar-refractivity contribution in [2.45, 2.75) is 43.4 Å². The van der Waals surface area contributed by atoms with Gasteiger partial charge in [0.2, 0.25) is 10.0 Å². The molecular weight excluding hydrogens is 388 g/mol. The van der Waals surface area contributed by atoms with E-state index in [4.69, 9.17) is 4.74 Å². The van der Waals surface area contributed by atoms with E-state index in [2.05, 4.69) is 5.32 Å². The van der Waals surface area contributed by atoms with E-state index in [1.165, 1.54) is 41.1 Å². The molecule has 0 aromatic heterocycles. The van der Waals surface area contributed by atoms with Gasteiger partial charge in [-0.3, -0.25) is 4.79 Å². The highest BCUT2D eigenvalue weighted by Gasteiger charge is 2.28. The fourth-order valence-corrected chi connectivity index (χ4v) is 5.64. The quantitative estimate of drug-likeness (QED) is 0.811. The molecule has 6 nitrogen and oxygen atoms in total. The van der Waals surface area contributed by atoms with Crippen molar-refractivity contribution in [1.82, 2.24) is 4.31 Å². The molecule has 0 bridgehead atoms. The van der Waals surface area contributed by atoms with Gasteiger partial charge >= 0.3 is 0 Å². The standard InChI is InChI=1S/C22H26N2O4S/c1-28-21-11-10-19(29(26,27)24-12-4-5-13-24)15-20(21)23-22(25)18-9-8-16-6-2-3-7-17(16)14-18/h8-11,14-15H,2-7,12-13H2,1H3,(H,23,25). The van der Waals surface area contributed by atoms with Gasteiger partial charge in [0.05, 0.1) is 17.7 Å². The van der Waals surface area contributed by atoms with Crippen LogP contribution in [0.3, 0.4) is 0 Å². The Balaban J connectivity index is 1.61. The van der Waals surface area contributed by atoms with Crippen LogP contribution in [-0.4, -0.2) is 38.8 Å². The zero-order valence-electron chi connectivity index (χ0n) is 16.6. The van der Waals surface area contributed by atoms with E-state index in [1.807, 2.05) is 18.2 Å². The molecular formula is C22H26N2O4S. The smallest absolute Gasteiger partial charge is 0.255 e. The average molecular weight is 415 g/mol. The van der Waals surface area contributed by atoms with Crippen molar-refractivity contribution in [1.29, 1.82) is 0 Å². The lowest BCUT2D eigenvalue weighted by Gasteiger charge is -2.18. The number of amides is 1. The number of nitrogens with zero attached hydrogens (tertiary/aromatic N) is 1. The zero-order valence-corrected chi connectivity index (χ0v) is 17.4. The molecule has 0 atom stereocenters. The van der Waals surface area contributed by atoms with Gasteiger partial charge in [-0.2, -0.15) is 4.31 Å². The van der Waals surface area contributed by atoms with Gasteiger partial charge in [0, 0.05) is 18.7 Å². The summed E-state index contributed by atoms with van der Waals surface area (Å²) in [5.74, 6) is 0.157. The Kier molecular flexibility index (Phi) is 5.61. The Morgan fingerprint density at radius 1 is 0.966 bits per heavy atom. The third-order valence-electron chi connectivity index (χ3n) is 5.73. The van der Waals surface area contributed by atoms with Crippen LogP contribution in [0.1, 0.15) is 47.2 Å². The lowest BCUT2D eigenvalue weighted by Crippen LogP contribution is -2.28. The molecule has 1 aliphatic carbocycles. The Hall–Kier alpha value is -2.38. The maximum atomic E-state index is 12.9. The summed E-state index contributed by atoms with van der Waals surface area (Å²) in [4.78, 5) is 13.0. The molecule has 2 aromatic rings. The number of benzene rings is 2. The number of rotatable bonds is 5. The van der Waals surface area contributed by atoms with E-state index in [0.717, 1.165) is 32.1 Å². The van der Waals surface area contributed by atoms with Crippen LogP contribution in [0.25, 0.3) is 0 Å². The first-order valence-electron chi connectivity index (χ1n) is 10.1. The topological polar surface area (TPSA) is 75.7 Å². The number of anilines is 1. The van der Waals surface area contributed by atoms with Crippen LogP contribution < -0.4 is 10.1 Å². The van der Waals surface area contributed by atoms with Gasteiger partial charge in [0.15, 0.2) is 0 Å². The molecule has 1 amide bonds. The molecule has 1 aliphatic heterocycles. The molecule has 154 valence electrons. The van der Waals surface area contributed by atoms with Crippen LogP contribution in [-0.2, 0) is 22.9 Å². The van der Waals surface area contributed by atoms with Crippen LogP contribution in [0.4, 0.5) is 5.69 Å². The molecule has 1 fully saturated rings. The van der Waals surface area contributed by atoms with Crippen molar-refractivity contribution in [3.05, 3.63) is 53.1 Å². The fraction of sp³-hybridized carbons (Fsp3) is 0.409. The first-order chi connectivity index (χ1) is 14.0. The van der Waals surface area contributed by atoms with Gasteiger partial charge in [-0.25, -0.2) is 8.42 Å². The largest absolute Gasteiger partial charge is 0.495 e. The molecule has 0 radical (unpaired) electrons. The molecule has 4 rings (SSSR count). The second-order valence-corrected chi connectivity index (χ2v) is 9.56. The van der Waals surface area contributed by atoms with Gasteiger partial charge in [-0.05, 0) is 80.0 Å². The highest BCUT2D eigenvalue weighted by atomic mass is 32.2. The number of aryl methyl sites for hydroxylation is 2. The van der Waals surface area contributed by atoms with Crippen molar-refractivity contribution in [2.75, 3.05) is 25.5 Å². The molecule has 1 saturated heterocycles. The minimum atomic E-state index is -3.57. The number of hydrogen-bond acceptors (Lipinski definition) is 4. The SMILES string of the molecule is COc1ccc(S(=O)(=O)N2CCCC2)cc1NC(=O)c1ccc2c(c1)CCCC2. The van der Waals surface area contributed by atoms with Crippen LogP contribution in [0, 0.1) is 0 Å². The maximum Gasteiger partial charge on any atom is 0.255 e. The summed E-state index contributed by atoms with van der Waals surface area (Å²) >= 11 is 0. The second kappa shape index (κ2) is 8.16. The number of sulfonamides is 1. The van der Waals surface area contributed by atoms with Crippen LogP contribution in [0.15, 0.2) is 41.3 Å². The zero-order chi connectivity index (χ0) is 20.4. The second-order valence-electron chi connectivity index (χ2n) is 7.62. The van der Waals surface area contributed by atoms with E-state index in [-0.39, 0.29) is 10.8 Å². The highest BCUT2D eigenvalue weighted by molar-refractivity contribution is 7.89. The molecule has 0 spiro atoms. The van der Waals surface area contributed by atoms with Gasteiger partial charge < -0.3 is 10.1 Å². The van der Waals surface area contributed by atoms with Crippen molar-refractivity contribution < 1.29 is 17.9 Å². The predicted octanol–water partition coefficient (Wildman–Crippen LogP) is 3.61. The average Bonchev–Trinajstić information content (AvgIpc) is 3.29. The van der Waals surface area contributed by atoms with Crippen LogP contribution in [0.5, 0.6) is 5.75 Å².